The largest absolute Gasteiger partial charge is 0.489 e. The van der Waals surface area contributed by atoms with E-state index < -0.39 is 12.6 Å². The van der Waals surface area contributed by atoms with Crippen LogP contribution in [0.2, 0.25) is 0 Å². The molecule has 102 valence electrons. The van der Waals surface area contributed by atoms with E-state index in [1.807, 2.05) is 11.4 Å². The lowest BCUT2D eigenvalue weighted by Crippen LogP contribution is -2.10. The van der Waals surface area contributed by atoms with Gasteiger partial charge in [0.1, 0.15) is 24.2 Å². The fraction of sp³-hybridized carbons (Fsp3) is 0.154. The minimum atomic E-state index is -1.11. The van der Waals surface area contributed by atoms with Crippen LogP contribution in [0, 0.1) is 11.3 Å². The zero-order valence-electron chi connectivity index (χ0n) is 10.3. The molecule has 0 aliphatic carbocycles. The summed E-state index contributed by atoms with van der Waals surface area (Å²) in [5.74, 6) is -0.420. The number of benzene rings is 1. The van der Waals surface area contributed by atoms with Crippen LogP contribution in [0.1, 0.15) is 11.1 Å². The van der Waals surface area contributed by atoms with E-state index in [0.29, 0.717) is 12.4 Å². The summed E-state index contributed by atoms with van der Waals surface area (Å²) in [6.45, 7) is -0.159. The van der Waals surface area contributed by atoms with Gasteiger partial charge in [-0.2, -0.15) is 5.26 Å². The number of rotatable bonds is 6. The molecule has 0 atom stereocenters. The number of hydrogen-bond donors (Lipinski definition) is 1. The van der Waals surface area contributed by atoms with Crippen LogP contribution >= 0.6 is 11.5 Å². The maximum absolute atomic E-state index is 10.5. The second-order valence-corrected chi connectivity index (χ2v) is 4.43. The SMILES string of the molecule is N#Cc1ccc(OCc2cnsc2)cc1OCC(=O)O. The predicted octanol–water partition coefficient (Wildman–Crippen LogP) is 2.06. The Labute approximate surface area is 119 Å². The van der Waals surface area contributed by atoms with Crippen molar-refractivity contribution < 1.29 is 19.4 Å². The third-order valence-electron chi connectivity index (χ3n) is 2.31. The van der Waals surface area contributed by atoms with E-state index >= 15 is 0 Å². The lowest BCUT2D eigenvalue weighted by molar-refractivity contribution is -0.139. The topological polar surface area (TPSA) is 92.4 Å². The smallest absolute Gasteiger partial charge is 0.341 e. The molecular weight excluding hydrogens is 280 g/mol. The van der Waals surface area contributed by atoms with Crippen molar-refractivity contribution in [2.45, 2.75) is 6.61 Å². The van der Waals surface area contributed by atoms with Gasteiger partial charge < -0.3 is 14.6 Å². The minimum Gasteiger partial charge on any atom is -0.489 e. The second kappa shape index (κ2) is 6.54. The molecule has 0 bridgehead atoms. The monoisotopic (exact) mass is 290 g/mol. The van der Waals surface area contributed by atoms with Gasteiger partial charge in [0.25, 0.3) is 0 Å². The highest BCUT2D eigenvalue weighted by molar-refractivity contribution is 7.03. The number of carbonyl (C=O) groups is 1. The fourth-order valence-electron chi connectivity index (χ4n) is 1.41. The summed E-state index contributed by atoms with van der Waals surface area (Å²) in [6, 6.07) is 6.59. The van der Waals surface area contributed by atoms with Gasteiger partial charge >= 0.3 is 5.97 Å². The highest BCUT2D eigenvalue weighted by Crippen LogP contribution is 2.25. The molecular formula is C13H10N2O4S. The Morgan fingerprint density at radius 1 is 1.45 bits per heavy atom. The van der Waals surface area contributed by atoms with E-state index in [4.69, 9.17) is 19.8 Å². The molecule has 1 aromatic heterocycles. The van der Waals surface area contributed by atoms with E-state index in [2.05, 4.69) is 4.37 Å². The molecule has 1 N–H and O–H groups in total. The Kier molecular flexibility index (Phi) is 4.52. The number of carboxylic acids is 1. The summed E-state index contributed by atoms with van der Waals surface area (Å²) >= 11 is 1.33. The predicted molar refractivity (Wildman–Crippen MR) is 70.7 cm³/mol. The molecule has 0 fully saturated rings. The van der Waals surface area contributed by atoms with Crippen molar-refractivity contribution in [3.05, 3.63) is 40.9 Å². The molecule has 2 rings (SSSR count). The van der Waals surface area contributed by atoms with Crippen molar-refractivity contribution in [2.75, 3.05) is 6.61 Å². The lowest BCUT2D eigenvalue weighted by Gasteiger charge is -2.09. The lowest BCUT2D eigenvalue weighted by atomic mass is 10.2. The van der Waals surface area contributed by atoms with Crippen LogP contribution < -0.4 is 9.47 Å². The zero-order valence-corrected chi connectivity index (χ0v) is 11.1. The number of ether oxygens (including phenoxy) is 2. The van der Waals surface area contributed by atoms with Crippen molar-refractivity contribution in [3.8, 4) is 17.6 Å². The van der Waals surface area contributed by atoms with E-state index in [9.17, 15) is 4.79 Å². The van der Waals surface area contributed by atoms with Crippen molar-refractivity contribution in [1.82, 2.24) is 4.37 Å². The Balaban J connectivity index is 2.08. The van der Waals surface area contributed by atoms with Crippen LogP contribution in [0.15, 0.2) is 29.8 Å². The van der Waals surface area contributed by atoms with Crippen molar-refractivity contribution in [1.29, 1.82) is 5.26 Å². The third kappa shape index (κ3) is 3.70. The van der Waals surface area contributed by atoms with Gasteiger partial charge in [-0.15, -0.1) is 0 Å². The maximum Gasteiger partial charge on any atom is 0.341 e. The molecule has 0 saturated carbocycles. The minimum absolute atomic E-state index is 0.191. The quantitative estimate of drug-likeness (QED) is 0.875. The first-order valence-electron chi connectivity index (χ1n) is 5.59. The van der Waals surface area contributed by atoms with Gasteiger partial charge in [-0.1, -0.05) is 0 Å². The molecule has 20 heavy (non-hydrogen) atoms. The first-order chi connectivity index (χ1) is 9.69. The molecule has 0 spiro atoms. The van der Waals surface area contributed by atoms with Crippen molar-refractivity contribution in [2.24, 2.45) is 0 Å². The second-order valence-electron chi connectivity index (χ2n) is 3.77. The number of nitriles is 1. The molecule has 0 aliphatic heterocycles. The van der Waals surface area contributed by atoms with E-state index in [1.54, 1.807) is 12.3 Å². The van der Waals surface area contributed by atoms with Crippen LogP contribution in [0.3, 0.4) is 0 Å². The average molecular weight is 290 g/mol. The van der Waals surface area contributed by atoms with Gasteiger partial charge in [-0.3, -0.25) is 0 Å². The van der Waals surface area contributed by atoms with Gasteiger partial charge in [-0.25, -0.2) is 9.17 Å². The molecule has 0 radical (unpaired) electrons. The summed E-state index contributed by atoms with van der Waals surface area (Å²) in [6.07, 6.45) is 1.70. The Morgan fingerprint density at radius 3 is 2.95 bits per heavy atom. The molecule has 0 saturated heterocycles. The average Bonchev–Trinajstić information content (AvgIpc) is 2.96. The van der Waals surface area contributed by atoms with Crippen LogP contribution in [-0.2, 0) is 11.4 Å². The standard InChI is InChI=1S/C13H10N2O4S/c14-4-10-1-2-11(3-12(10)19-7-13(16)17)18-6-9-5-15-20-8-9/h1-3,5,8H,6-7H2,(H,16,17). The zero-order chi connectivity index (χ0) is 14.4. The molecule has 0 aliphatic rings. The van der Waals surface area contributed by atoms with Gasteiger partial charge in [0, 0.05) is 23.2 Å². The summed E-state index contributed by atoms with van der Waals surface area (Å²) < 4.78 is 14.5. The molecule has 1 heterocycles. The third-order valence-corrected chi connectivity index (χ3v) is 2.95. The van der Waals surface area contributed by atoms with Crippen molar-refractivity contribution >= 4 is 17.5 Å². The Hall–Kier alpha value is -2.59. The fourth-order valence-corrected chi connectivity index (χ4v) is 1.93. The number of hydrogen-bond acceptors (Lipinski definition) is 6. The van der Waals surface area contributed by atoms with Crippen LogP contribution in [0.5, 0.6) is 11.5 Å². The molecule has 6 nitrogen and oxygen atoms in total. The number of nitrogens with zero attached hydrogens (tertiary/aromatic N) is 2. The highest BCUT2D eigenvalue weighted by Gasteiger charge is 2.08. The van der Waals surface area contributed by atoms with Crippen molar-refractivity contribution in [3.63, 3.8) is 0 Å². The Bertz CT molecular complexity index is 634. The van der Waals surface area contributed by atoms with Crippen LogP contribution in [0.4, 0.5) is 0 Å². The molecule has 0 unspecified atom stereocenters. The summed E-state index contributed by atoms with van der Waals surface area (Å²) in [5, 5.41) is 19.4. The van der Waals surface area contributed by atoms with E-state index in [-0.39, 0.29) is 11.3 Å². The first-order valence-corrected chi connectivity index (χ1v) is 6.42. The molecule has 2 aromatic rings. The summed E-state index contributed by atoms with van der Waals surface area (Å²) in [5.41, 5.74) is 1.20. The molecule has 0 amide bonds. The number of aromatic nitrogens is 1. The normalized spacial score (nSPS) is 9.75. The summed E-state index contributed by atoms with van der Waals surface area (Å²) in [4.78, 5) is 10.5. The Morgan fingerprint density at radius 2 is 2.30 bits per heavy atom. The molecule has 7 heteroatoms. The number of aliphatic carboxylic acids is 1. The van der Waals surface area contributed by atoms with Gasteiger partial charge in [0.2, 0.25) is 0 Å². The summed E-state index contributed by atoms with van der Waals surface area (Å²) in [7, 11) is 0. The van der Waals surface area contributed by atoms with Gasteiger partial charge in [0.15, 0.2) is 6.61 Å². The van der Waals surface area contributed by atoms with Crippen LogP contribution in [0.25, 0.3) is 0 Å². The maximum atomic E-state index is 10.5. The van der Waals surface area contributed by atoms with Gasteiger partial charge in [0.05, 0.1) is 5.56 Å². The van der Waals surface area contributed by atoms with E-state index in [1.165, 1.54) is 23.7 Å². The van der Waals surface area contributed by atoms with Crippen LogP contribution in [-0.4, -0.2) is 22.1 Å². The highest BCUT2D eigenvalue weighted by atomic mass is 32.1. The van der Waals surface area contributed by atoms with E-state index in [0.717, 1.165) is 5.56 Å². The number of carboxylic acid groups (broad SMARTS) is 1. The van der Waals surface area contributed by atoms with Gasteiger partial charge in [-0.05, 0) is 23.7 Å². The first kappa shape index (κ1) is 13.8. The molecule has 1 aromatic carbocycles.